The summed E-state index contributed by atoms with van der Waals surface area (Å²) in [5.74, 6) is 0.939. The van der Waals surface area contributed by atoms with Crippen molar-refractivity contribution in [1.29, 1.82) is 0 Å². The third-order valence-electron chi connectivity index (χ3n) is 4.44. The van der Waals surface area contributed by atoms with Crippen molar-refractivity contribution < 1.29 is 4.74 Å². The van der Waals surface area contributed by atoms with Crippen molar-refractivity contribution in [3.05, 3.63) is 59.7 Å². The highest BCUT2D eigenvalue weighted by Crippen LogP contribution is 2.45. The minimum atomic E-state index is -0.463. The van der Waals surface area contributed by atoms with E-state index in [4.69, 9.17) is 17.0 Å². The van der Waals surface area contributed by atoms with E-state index in [0.717, 1.165) is 23.0 Å². The molecule has 0 radical (unpaired) electrons. The van der Waals surface area contributed by atoms with Gasteiger partial charge in [-0.25, -0.2) is 0 Å². The highest BCUT2D eigenvalue weighted by molar-refractivity contribution is 7.80. The van der Waals surface area contributed by atoms with Crippen molar-refractivity contribution in [1.82, 2.24) is 5.32 Å². The van der Waals surface area contributed by atoms with Gasteiger partial charge in [-0.3, -0.25) is 4.90 Å². The maximum absolute atomic E-state index is 6.37. The van der Waals surface area contributed by atoms with Crippen LogP contribution in [0.15, 0.2) is 48.5 Å². The Morgan fingerprint density at radius 1 is 1.23 bits per heavy atom. The van der Waals surface area contributed by atoms with Crippen LogP contribution in [0.1, 0.15) is 30.5 Å². The molecule has 1 saturated heterocycles. The van der Waals surface area contributed by atoms with Crippen LogP contribution in [0.5, 0.6) is 5.75 Å². The number of aryl methyl sites for hydroxylation is 1. The number of para-hydroxylation sites is 1. The van der Waals surface area contributed by atoms with Crippen molar-refractivity contribution >= 4 is 23.0 Å². The molecule has 3 nitrogen and oxygen atoms in total. The van der Waals surface area contributed by atoms with Gasteiger partial charge < -0.3 is 10.1 Å². The largest absolute Gasteiger partial charge is 0.467 e. The normalized spacial score (nSPS) is 26.0. The molecule has 4 heteroatoms. The zero-order chi connectivity index (χ0) is 15.3. The van der Waals surface area contributed by atoms with Gasteiger partial charge in [0.2, 0.25) is 0 Å². The smallest absolute Gasteiger partial charge is 0.188 e. The van der Waals surface area contributed by atoms with Crippen molar-refractivity contribution in [3.63, 3.8) is 0 Å². The minimum Gasteiger partial charge on any atom is -0.467 e. The predicted molar refractivity (Wildman–Crippen MR) is 92.2 cm³/mol. The molecule has 2 aliphatic heterocycles. The van der Waals surface area contributed by atoms with Crippen LogP contribution >= 0.6 is 12.2 Å². The number of nitrogens with zero attached hydrogens (tertiary/aromatic N) is 1. The molecule has 1 N–H and O–H groups in total. The first kappa shape index (κ1) is 13.6. The fourth-order valence-corrected chi connectivity index (χ4v) is 3.92. The Balaban J connectivity index is 1.82. The van der Waals surface area contributed by atoms with Crippen molar-refractivity contribution in [2.75, 3.05) is 4.90 Å². The standard InChI is InChI=1S/C18H18N2OS/c1-12-6-5-7-13(10-12)20-17(22)19-15-11-18(20,2)21-16-9-4-3-8-14(15)16/h3-10,15H,11H2,1-2H3,(H,19,22)/t15-,18-/m0/s1. The summed E-state index contributed by atoms with van der Waals surface area (Å²) in [6.07, 6.45) is 0.859. The average Bonchev–Trinajstić information content (AvgIpc) is 2.46. The van der Waals surface area contributed by atoms with E-state index in [9.17, 15) is 0 Å². The first-order chi connectivity index (χ1) is 10.6. The van der Waals surface area contributed by atoms with E-state index in [2.05, 4.69) is 54.4 Å². The first-order valence-corrected chi connectivity index (χ1v) is 7.93. The minimum absolute atomic E-state index is 0.212. The number of fused-ring (bicyclic) bond motifs is 4. The van der Waals surface area contributed by atoms with Crippen LogP contribution in [0.2, 0.25) is 0 Å². The van der Waals surface area contributed by atoms with Crippen LogP contribution in [0.25, 0.3) is 0 Å². The van der Waals surface area contributed by atoms with Gasteiger partial charge in [0.25, 0.3) is 0 Å². The Labute approximate surface area is 135 Å². The molecule has 112 valence electrons. The monoisotopic (exact) mass is 310 g/mol. The lowest BCUT2D eigenvalue weighted by molar-refractivity contribution is 0.0498. The highest BCUT2D eigenvalue weighted by Gasteiger charge is 2.48. The number of benzene rings is 2. The third-order valence-corrected chi connectivity index (χ3v) is 4.74. The quantitative estimate of drug-likeness (QED) is 0.807. The Bertz CT molecular complexity index is 760. The lowest BCUT2D eigenvalue weighted by Crippen LogP contribution is -2.65. The van der Waals surface area contributed by atoms with Crippen LogP contribution in [-0.2, 0) is 0 Å². The second kappa shape index (κ2) is 4.71. The van der Waals surface area contributed by atoms with Gasteiger partial charge >= 0.3 is 0 Å². The molecule has 0 aromatic heterocycles. The fourth-order valence-electron chi connectivity index (χ4n) is 3.48. The number of thiocarbonyl (C=S) groups is 1. The summed E-state index contributed by atoms with van der Waals surface area (Å²) in [4.78, 5) is 2.10. The van der Waals surface area contributed by atoms with Crippen LogP contribution < -0.4 is 15.0 Å². The Hall–Kier alpha value is -2.07. The lowest BCUT2D eigenvalue weighted by atomic mass is 9.90. The summed E-state index contributed by atoms with van der Waals surface area (Å²) in [5, 5.41) is 4.20. The number of rotatable bonds is 1. The van der Waals surface area contributed by atoms with E-state index in [1.165, 1.54) is 11.1 Å². The summed E-state index contributed by atoms with van der Waals surface area (Å²) in [5.41, 5.74) is 3.00. The van der Waals surface area contributed by atoms with Crippen molar-refractivity contribution in [3.8, 4) is 5.75 Å². The zero-order valence-electron chi connectivity index (χ0n) is 12.7. The summed E-state index contributed by atoms with van der Waals surface area (Å²) < 4.78 is 6.37. The summed E-state index contributed by atoms with van der Waals surface area (Å²) in [7, 11) is 0. The molecular formula is C18H18N2OS. The van der Waals surface area contributed by atoms with E-state index >= 15 is 0 Å². The Kier molecular flexibility index (Phi) is 2.91. The van der Waals surface area contributed by atoms with E-state index in [0.29, 0.717) is 0 Å². The molecule has 0 amide bonds. The molecule has 0 spiro atoms. The SMILES string of the molecule is Cc1cccc(N2C(=S)N[C@H]3C[C@]2(C)Oc2ccccc23)c1. The Morgan fingerprint density at radius 3 is 2.86 bits per heavy atom. The van der Waals surface area contributed by atoms with Gasteiger partial charge in [0.05, 0.1) is 6.04 Å². The third kappa shape index (κ3) is 1.98. The van der Waals surface area contributed by atoms with Gasteiger partial charge in [-0.2, -0.15) is 0 Å². The predicted octanol–water partition coefficient (Wildman–Crippen LogP) is 3.93. The van der Waals surface area contributed by atoms with Gasteiger partial charge in [-0.1, -0.05) is 30.3 Å². The first-order valence-electron chi connectivity index (χ1n) is 7.52. The van der Waals surface area contributed by atoms with E-state index in [1.54, 1.807) is 0 Å². The van der Waals surface area contributed by atoms with Gasteiger partial charge in [0, 0.05) is 17.7 Å². The molecule has 2 aromatic carbocycles. The molecule has 0 unspecified atom stereocenters. The molecule has 0 saturated carbocycles. The number of hydrogen-bond donors (Lipinski definition) is 1. The summed E-state index contributed by atoms with van der Waals surface area (Å²) in [6, 6.07) is 16.8. The van der Waals surface area contributed by atoms with Gasteiger partial charge in [-0.05, 0) is 49.8 Å². The summed E-state index contributed by atoms with van der Waals surface area (Å²) in [6.45, 7) is 4.21. The summed E-state index contributed by atoms with van der Waals surface area (Å²) >= 11 is 5.64. The second-order valence-electron chi connectivity index (χ2n) is 6.20. The van der Waals surface area contributed by atoms with Crippen LogP contribution in [0.4, 0.5) is 5.69 Å². The van der Waals surface area contributed by atoms with Gasteiger partial charge in [0.1, 0.15) is 5.75 Å². The molecule has 2 heterocycles. The fraction of sp³-hybridized carbons (Fsp3) is 0.278. The molecule has 1 fully saturated rings. The maximum atomic E-state index is 6.37. The molecule has 2 bridgehead atoms. The second-order valence-corrected chi connectivity index (χ2v) is 6.58. The highest BCUT2D eigenvalue weighted by atomic mass is 32.1. The van der Waals surface area contributed by atoms with E-state index in [1.807, 2.05) is 18.2 Å². The molecule has 0 aliphatic carbocycles. The molecule has 22 heavy (non-hydrogen) atoms. The number of ether oxygens (including phenoxy) is 1. The van der Waals surface area contributed by atoms with E-state index in [-0.39, 0.29) is 6.04 Å². The van der Waals surface area contributed by atoms with Crippen molar-refractivity contribution in [2.24, 2.45) is 0 Å². The number of nitrogens with one attached hydrogen (secondary N) is 1. The lowest BCUT2D eigenvalue weighted by Gasteiger charge is -2.52. The van der Waals surface area contributed by atoms with Gasteiger partial charge in [0.15, 0.2) is 10.8 Å². The van der Waals surface area contributed by atoms with Gasteiger partial charge in [-0.15, -0.1) is 0 Å². The van der Waals surface area contributed by atoms with Crippen LogP contribution in [0, 0.1) is 6.92 Å². The Morgan fingerprint density at radius 2 is 2.05 bits per heavy atom. The maximum Gasteiger partial charge on any atom is 0.188 e. The van der Waals surface area contributed by atoms with Crippen LogP contribution in [0.3, 0.4) is 0 Å². The van der Waals surface area contributed by atoms with E-state index < -0.39 is 5.72 Å². The number of hydrogen-bond acceptors (Lipinski definition) is 2. The molecule has 2 aliphatic rings. The topological polar surface area (TPSA) is 24.5 Å². The van der Waals surface area contributed by atoms with Crippen LogP contribution in [-0.4, -0.2) is 10.8 Å². The average molecular weight is 310 g/mol. The molecule has 2 atom stereocenters. The zero-order valence-corrected chi connectivity index (χ0v) is 13.5. The molecule has 4 rings (SSSR count). The number of anilines is 1. The molecular weight excluding hydrogens is 292 g/mol. The van der Waals surface area contributed by atoms with Crippen molar-refractivity contribution in [2.45, 2.75) is 32.0 Å². The molecule has 2 aromatic rings.